The van der Waals surface area contributed by atoms with Crippen molar-refractivity contribution in [2.75, 3.05) is 6.54 Å². The summed E-state index contributed by atoms with van der Waals surface area (Å²) < 4.78 is 52.2. The Morgan fingerprint density at radius 2 is 1.93 bits per heavy atom. The molecule has 0 spiro atoms. The molecular weight excluding hydrogens is 384 g/mol. The maximum Gasteiger partial charge on any atom is 0.416 e. The quantitative estimate of drug-likeness (QED) is 0.439. The average molecular weight is 404 g/mol. The van der Waals surface area contributed by atoms with Crippen molar-refractivity contribution in [1.29, 1.82) is 0 Å². The lowest BCUT2D eigenvalue weighted by Gasteiger charge is -2.07. The van der Waals surface area contributed by atoms with Gasteiger partial charge in [-0.3, -0.25) is 4.79 Å². The first kappa shape index (κ1) is 20.6. The second kappa shape index (κ2) is 8.11. The lowest BCUT2D eigenvalue weighted by Crippen LogP contribution is -2.23. The van der Waals surface area contributed by atoms with Crippen molar-refractivity contribution >= 4 is 22.9 Å². The summed E-state index contributed by atoms with van der Waals surface area (Å²) in [6.45, 7) is 4.06. The van der Waals surface area contributed by atoms with E-state index in [2.05, 4.69) is 10.3 Å². The largest absolute Gasteiger partial charge is 0.416 e. The number of benzene rings is 2. The molecule has 1 amide bonds. The number of aromatic nitrogens is 1. The molecule has 0 aliphatic heterocycles. The Hall–Kier alpha value is -3.09. The van der Waals surface area contributed by atoms with Gasteiger partial charge in [0.15, 0.2) is 0 Å². The molecule has 0 aliphatic carbocycles. The van der Waals surface area contributed by atoms with Gasteiger partial charge in [0.1, 0.15) is 5.82 Å². The van der Waals surface area contributed by atoms with E-state index >= 15 is 0 Å². The molecule has 0 saturated heterocycles. The van der Waals surface area contributed by atoms with Crippen molar-refractivity contribution in [3.63, 3.8) is 0 Å². The summed E-state index contributed by atoms with van der Waals surface area (Å²) in [6.07, 6.45) is -1.40. The number of aromatic amines is 1. The van der Waals surface area contributed by atoms with Gasteiger partial charge in [0.05, 0.1) is 11.1 Å². The van der Waals surface area contributed by atoms with Gasteiger partial charge in [-0.05, 0) is 61.2 Å². The molecule has 3 nitrogen and oxygen atoms in total. The standard InChI is InChI=1S/C22H20F4N2O/c1-13-6-8-18(23)21-20(13)17(14(2)28-21)10-11-27-19(29)9-7-15-4-3-5-16(12-15)22(24,25)26/h3-9,12,28H,10-11H2,1-2H3,(H,27,29)/b9-7+. The molecule has 0 aliphatic rings. The summed E-state index contributed by atoms with van der Waals surface area (Å²) in [5, 5.41) is 3.52. The fourth-order valence-electron chi connectivity index (χ4n) is 3.32. The maximum atomic E-state index is 14.0. The number of rotatable bonds is 5. The van der Waals surface area contributed by atoms with Gasteiger partial charge in [-0.15, -0.1) is 0 Å². The Balaban J connectivity index is 1.64. The van der Waals surface area contributed by atoms with Crippen LogP contribution in [0.15, 0.2) is 42.5 Å². The fraction of sp³-hybridized carbons (Fsp3) is 0.227. The summed E-state index contributed by atoms with van der Waals surface area (Å²) in [7, 11) is 0. The SMILES string of the molecule is Cc1[nH]c2c(F)ccc(C)c2c1CCNC(=O)/C=C/c1cccc(C(F)(F)F)c1. The highest BCUT2D eigenvalue weighted by Crippen LogP contribution is 2.30. The van der Waals surface area contributed by atoms with E-state index in [0.29, 0.717) is 18.5 Å². The monoisotopic (exact) mass is 404 g/mol. The van der Waals surface area contributed by atoms with E-state index in [1.807, 2.05) is 13.8 Å². The van der Waals surface area contributed by atoms with Crippen LogP contribution in [0.4, 0.5) is 17.6 Å². The molecule has 3 aromatic rings. The first-order chi connectivity index (χ1) is 13.7. The molecule has 29 heavy (non-hydrogen) atoms. The zero-order valence-electron chi connectivity index (χ0n) is 16.0. The molecule has 2 N–H and O–H groups in total. The summed E-state index contributed by atoms with van der Waals surface area (Å²) >= 11 is 0. The molecule has 0 bridgehead atoms. The Bertz CT molecular complexity index is 1080. The highest BCUT2D eigenvalue weighted by atomic mass is 19.4. The van der Waals surface area contributed by atoms with Crippen molar-refractivity contribution < 1.29 is 22.4 Å². The predicted octanol–water partition coefficient (Wildman–Crippen LogP) is 5.31. The van der Waals surface area contributed by atoms with Crippen molar-refractivity contribution in [2.45, 2.75) is 26.4 Å². The van der Waals surface area contributed by atoms with Crippen molar-refractivity contribution in [1.82, 2.24) is 10.3 Å². The van der Waals surface area contributed by atoms with Gasteiger partial charge in [0.25, 0.3) is 0 Å². The summed E-state index contributed by atoms with van der Waals surface area (Å²) in [5.74, 6) is -0.740. The second-order valence-corrected chi connectivity index (χ2v) is 6.84. The van der Waals surface area contributed by atoms with Gasteiger partial charge in [0.2, 0.25) is 5.91 Å². The van der Waals surface area contributed by atoms with Crippen molar-refractivity contribution in [3.8, 4) is 0 Å². The van der Waals surface area contributed by atoms with Crippen LogP contribution in [0.1, 0.15) is 27.9 Å². The molecule has 1 heterocycles. The number of aryl methyl sites for hydroxylation is 2. The number of fused-ring (bicyclic) bond motifs is 1. The average Bonchev–Trinajstić information content (AvgIpc) is 3.00. The van der Waals surface area contributed by atoms with E-state index < -0.39 is 17.6 Å². The molecule has 2 aromatic carbocycles. The minimum Gasteiger partial charge on any atom is -0.356 e. The van der Waals surface area contributed by atoms with E-state index in [-0.39, 0.29) is 11.4 Å². The number of H-pyrrole nitrogens is 1. The zero-order chi connectivity index (χ0) is 21.2. The van der Waals surface area contributed by atoms with Crippen LogP contribution in [0.2, 0.25) is 0 Å². The number of amides is 1. The number of carbonyl (C=O) groups excluding carboxylic acids is 1. The van der Waals surface area contributed by atoms with E-state index in [4.69, 9.17) is 0 Å². The molecule has 1 aromatic heterocycles. The van der Waals surface area contributed by atoms with Gasteiger partial charge >= 0.3 is 6.18 Å². The lowest BCUT2D eigenvalue weighted by molar-refractivity contribution is -0.137. The van der Waals surface area contributed by atoms with E-state index in [1.165, 1.54) is 30.4 Å². The third-order valence-electron chi connectivity index (χ3n) is 4.75. The van der Waals surface area contributed by atoms with Gasteiger partial charge in [-0.2, -0.15) is 13.2 Å². The van der Waals surface area contributed by atoms with Gasteiger partial charge in [0, 0.05) is 23.7 Å². The lowest BCUT2D eigenvalue weighted by atomic mass is 10.0. The number of hydrogen-bond donors (Lipinski definition) is 2. The van der Waals surface area contributed by atoms with Gasteiger partial charge < -0.3 is 10.3 Å². The van der Waals surface area contributed by atoms with Gasteiger partial charge in [-0.1, -0.05) is 18.2 Å². The highest BCUT2D eigenvalue weighted by molar-refractivity contribution is 5.92. The Morgan fingerprint density at radius 1 is 1.17 bits per heavy atom. The number of alkyl halides is 3. The van der Waals surface area contributed by atoms with Crippen LogP contribution in [-0.4, -0.2) is 17.4 Å². The minimum absolute atomic E-state index is 0.286. The molecule has 3 rings (SSSR count). The Morgan fingerprint density at radius 3 is 2.66 bits per heavy atom. The maximum absolute atomic E-state index is 14.0. The molecule has 7 heteroatoms. The van der Waals surface area contributed by atoms with Crippen LogP contribution in [0.25, 0.3) is 17.0 Å². The van der Waals surface area contributed by atoms with Crippen LogP contribution in [0, 0.1) is 19.7 Å². The van der Waals surface area contributed by atoms with E-state index in [0.717, 1.165) is 34.3 Å². The van der Waals surface area contributed by atoms with Crippen LogP contribution in [0.3, 0.4) is 0 Å². The minimum atomic E-state index is -4.43. The topological polar surface area (TPSA) is 44.9 Å². The second-order valence-electron chi connectivity index (χ2n) is 6.84. The first-order valence-corrected chi connectivity index (χ1v) is 9.06. The summed E-state index contributed by atoms with van der Waals surface area (Å²) in [5.41, 5.74) is 2.68. The molecule has 0 atom stereocenters. The van der Waals surface area contributed by atoms with Crippen LogP contribution in [-0.2, 0) is 17.4 Å². The number of halogens is 4. The van der Waals surface area contributed by atoms with E-state index in [9.17, 15) is 22.4 Å². The Kier molecular flexibility index (Phi) is 5.77. The molecule has 152 valence electrons. The fourth-order valence-corrected chi connectivity index (χ4v) is 3.32. The van der Waals surface area contributed by atoms with Crippen LogP contribution >= 0.6 is 0 Å². The third-order valence-corrected chi connectivity index (χ3v) is 4.75. The number of hydrogen-bond acceptors (Lipinski definition) is 1. The van der Waals surface area contributed by atoms with E-state index in [1.54, 1.807) is 6.07 Å². The Labute approximate surface area is 165 Å². The first-order valence-electron chi connectivity index (χ1n) is 9.06. The predicted molar refractivity (Wildman–Crippen MR) is 105 cm³/mol. The smallest absolute Gasteiger partial charge is 0.356 e. The third kappa shape index (κ3) is 4.67. The highest BCUT2D eigenvalue weighted by Gasteiger charge is 2.30. The van der Waals surface area contributed by atoms with Crippen LogP contribution in [0.5, 0.6) is 0 Å². The summed E-state index contributed by atoms with van der Waals surface area (Å²) in [4.78, 5) is 15.1. The molecule has 0 radical (unpaired) electrons. The van der Waals surface area contributed by atoms with Gasteiger partial charge in [-0.25, -0.2) is 4.39 Å². The van der Waals surface area contributed by atoms with Crippen molar-refractivity contribution in [2.24, 2.45) is 0 Å². The molecule has 0 unspecified atom stereocenters. The number of nitrogens with one attached hydrogen (secondary N) is 2. The normalized spacial score (nSPS) is 12.1. The van der Waals surface area contributed by atoms with Crippen LogP contribution < -0.4 is 5.32 Å². The molecule has 0 saturated carbocycles. The molecular formula is C22H20F4N2O. The zero-order valence-corrected chi connectivity index (χ0v) is 16.0. The number of carbonyl (C=O) groups is 1. The van der Waals surface area contributed by atoms with Crippen molar-refractivity contribution in [3.05, 3.63) is 76.2 Å². The molecule has 0 fully saturated rings. The summed E-state index contributed by atoms with van der Waals surface area (Å²) in [6, 6.07) is 7.87.